The molecule has 0 amide bonds. The van der Waals surface area contributed by atoms with Gasteiger partial charge in [-0.25, -0.2) is 22.2 Å². The van der Waals surface area contributed by atoms with Gasteiger partial charge in [-0.3, -0.25) is 0 Å². The Hall–Kier alpha value is -2.24. The van der Waals surface area contributed by atoms with E-state index in [2.05, 4.69) is 9.82 Å². The van der Waals surface area contributed by atoms with Crippen molar-refractivity contribution in [1.29, 1.82) is 5.26 Å². The Morgan fingerprint density at radius 2 is 2.19 bits per heavy atom. The van der Waals surface area contributed by atoms with Gasteiger partial charge in [0.2, 0.25) is 10.0 Å². The predicted octanol–water partition coefficient (Wildman–Crippen LogP) is 1.45. The maximum atomic E-state index is 13.6. The summed E-state index contributed by atoms with van der Waals surface area (Å²) < 4.78 is 41.1. The Bertz CT molecular complexity index is 779. The van der Waals surface area contributed by atoms with E-state index in [0.717, 1.165) is 10.9 Å². The van der Waals surface area contributed by atoms with Crippen LogP contribution in [0.25, 0.3) is 5.69 Å². The smallest absolute Gasteiger partial charge is 0.237 e. The summed E-state index contributed by atoms with van der Waals surface area (Å²) in [5, 5.41) is 12.5. The summed E-state index contributed by atoms with van der Waals surface area (Å²) >= 11 is 0. The van der Waals surface area contributed by atoms with E-state index in [9.17, 15) is 12.8 Å². The number of benzene rings is 1. The average molecular weight is 308 g/mol. The number of sulfonamides is 1. The molecule has 1 aromatic heterocycles. The fourth-order valence-corrected chi connectivity index (χ4v) is 2.64. The summed E-state index contributed by atoms with van der Waals surface area (Å²) in [5.74, 6) is -0.947. The van der Waals surface area contributed by atoms with Crippen molar-refractivity contribution in [1.82, 2.24) is 14.5 Å². The average Bonchev–Trinajstić information content (AvgIpc) is 2.96. The van der Waals surface area contributed by atoms with E-state index in [1.807, 2.05) is 6.07 Å². The normalized spacial score (nSPS) is 12.8. The van der Waals surface area contributed by atoms with Crippen LogP contribution in [0.2, 0.25) is 0 Å². The molecule has 0 fully saturated rings. The van der Waals surface area contributed by atoms with Gasteiger partial charge in [-0.05, 0) is 19.1 Å². The number of aromatic nitrogens is 2. The number of nitriles is 1. The Kier molecular flexibility index (Phi) is 4.35. The second-order valence-corrected chi connectivity index (χ2v) is 6.22. The van der Waals surface area contributed by atoms with Crippen molar-refractivity contribution < 1.29 is 12.8 Å². The lowest BCUT2D eigenvalue weighted by Gasteiger charge is -2.05. The summed E-state index contributed by atoms with van der Waals surface area (Å²) in [6, 6.07) is 7.84. The third-order valence-electron chi connectivity index (χ3n) is 2.77. The van der Waals surface area contributed by atoms with Gasteiger partial charge in [0.1, 0.15) is 16.4 Å². The van der Waals surface area contributed by atoms with Crippen molar-refractivity contribution in [2.24, 2.45) is 5.92 Å². The molecule has 0 spiro atoms. The first-order valence-electron chi connectivity index (χ1n) is 6.13. The van der Waals surface area contributed by atoms with E-state index in [1.54, 1.807) is 13.0 Å². The van der Waals surface area contributed by atoms with Crippen LogP contribution in [0.15, 0.2) is 41.6 Å². The lowest BCUT2D eigenvalue weighted by atomic mass is 10.2. The first-order chi connectivity index (χ1) is 9.94. The molecule has 0 saturated heterocycles. The van der Waals surface area contributed by atoms with Crippen LogP contribution in [0.1, 0.15) is 6.92 Å². The SMILES string of the molecule is CC(C#N)CNS(=O)(=O)c1cnn(-c2ccccc2F)c1. The summed E-state index contributed by atoms with van der Waals surface area (Å²) in [4.78, 5) is -0.0871. The number of halogens is 1. The Balaban J connectivity index is 2.24. The van der Waals surface area contributed by atoms with Gasteiger partial charge in [-0.1, -0.05) is 12.1 Å². The lowest BCUT2D eigenvalue weighted by molar-refractivity contribution is 0.572. The van der Waals surface area contributed by atoms with Gasteiger partial charge in [0, 0.05) is 6.54 Å². The molecule has 0 saturated carbocycles. The largest absolute Gasteiger partial charge is 0.243 e. The molecular formula is C13H13FN4O2S. The van der Waals surface area contributed by atoms with E-state index in [1.165, 1.54) is 24.4 Å². The van der Waals surface area contributed by atoms with Gasteiger partial charge < -0.3 is 0 Å². The first-order valence-corrected chi connectivity index (χ1v) is 7.61. The van der Waals surface area contributed by atoms with Gasteiger partial charge in [-0.15, -0.1) is 0 Å². The van der Waals surface area contributed by atoms with Gasteiger partial charge in [-0.2, -0.15) is 10.4 Å². The maximum Gasteiger partial charge on any atom is 0.243 e. The molecule has 0 aliphatic rings. The standard InChI is InChI=1S/C13H13FN4O2S/c1-10(6-15)7-17-21(19,20)11-8-16-18(9-11)13-5-3-2-4-12(13)14/h2-5,8-10,17H,7H2,1H3. The molecule has 2 rings (SSSR count). The minimum atomic E-state index is -3.77. The van der Waals surface area contributed by atoms with Gasteiger partial charge in [0.05, 0.1) is 24.4 Å². The van der Waals surface area contributed by atoms with Crippen LogP contribution in [0.3, 0.4) is 0 Å². The number of hydrogen-bond donors (Lipinski definition) is 1. The molecule has 8 heteroatoms. The van der Waals surface area contributed by atoms with Crippen molar-refractivity contribution in [3.05, 3.63) is 42.5 Å². The fourth-order valence-electron chi connectivity index (χ4n) is 1.58. The zero-order chi connectivity index (χ0) is 15.5. The van der Waals surface area contributed by atoms with Crippen LogP contribution >= 0.6 is 0 Å². The number of nitrogens with one attached hydrogen (secondary N) is 1. The maximum absolute atomic E-state index is 13.6. The highest BCUT2D eigenvalue weighted by molar-refractivity contribution is 7.89. The van der Waals surface area contributed by atoms with Crippen molar-refractivity contribution in [3.63, 3.8) is 0 Å². The molecule has 1 aromatic carbocycles. The van der Waals surface area contributed by atoms with Crippen molar-refractivity contribution in [2.75, 3.05) is 6.54 Å². The fraction of sp³-hybridized carbons (Fsp3) is 0.231. The van der Waals surface area contributed by atoms with Crippen molar-refractivity contribution in [3.8, 4) is 11.8 Å². The van der Waals surface area contributed by atoms with E-state index in [-0.39, 0.29) is 17.1 Å². The second-order valence-electron chi connectivity index (χ2n) is 4.45. The van der Waals surface area contributed by atoms with Crippen LogP contribution < -0.4 is 4.72 Å². The number of para-hydroxylation sites is 1. The predicted molar refractivity (Wildman–Crippen MR) is 73.5 cm³/mol. The monoisotopic (exact) mass is 308 g/mol. The number of nitrogens with zero attached hydrogens (tertiary/aromatic N) is 3. The van der Waals surface area contributed by atoms with E-state index in [4.69, 9.17) is 5.26 Å². The van der Waals surface area contributed by atoms with Crippen LogP contribution in [-0.4, -0.2) is 24.7 Å². The number of hydrogen-bond acceptors (Lipinski definition) is 4. The summed E-state index contributed by atoms with van der Waals surface area (Å²) in [5.41, 5.74) is 0.157. The van der Waals surface area contributed by atoms with Gasteiger partial charge >= 0.3 is 0 Å². The highest BCUT2D eigenvalue weighted by atomic mass is 32.2. The van der Waals surface area contributed by atoms with Crippen molar-refractivity contribution >= 4 is 10.0 Å². The zero-order valence-corrected chi connectivity index (χ0v) is 12.0. The molecule has 1 atom stereocenters. The molecule has 0 aliphatic heterocycles. The molecule has 1 unspecified atom stereocenters. The molecule has 1 heterocycles. The minimum absolute atomic E-state index is 0.00368. The zero-order valence-electron chi connectivity index (χ0n) is 11.2. The molecule has 0 aliphatic carbocycles. The van der Waals surface area contributed by atoms with E-state index < -0.39 is 21.8 Å². The molecular weight excluding hydrogens is 295 g/mol. The summed E-state index contributed by atoms with van der Waals surface area (Å²) in [6.07, 6.45) is 2.35. The second kappa shape index (κ2) is 6.03. The van der Waals surface area contributed by atoms with Gasteiger partial charge in [0.15, 0.2) is 0 Å². The summed E-state index contributed by atoms with van der Waals surface area (Å²) in [6.45, 7) is 1.61. The molecule has 0 bridgehead atoms. The topological polar surface area (TPSA) is 87.8 Å². The van der Waals surface area contributed by atoms with Crippen LogP contribution in [0.5, 0.6) is 0 Å². The van der Waals surface area contributed by atoms with Crippen LogP contribution in [-0.2, 0) is 10.0 Å². The third kappa shape index (κ3) is 3.45. The minimum Gasteiger partial charge on any atom is -0.237 e. The first kappa shape index (κ1) is 15.2. The third-order valence-corrected chi connectivity index (χ3v) is 4.15. The highest BCUT2D eigenvalue weighted by Crippen LogP contribution is 2.15. The Labute approximate surface area is 121 Å². The molecule has 2 aromatic rings. The summed E-state index contributed by atoms with van der Waals surface area (Å²) in [7, 11) is -3.77. The van der Waals surface area contributed by atoms with E-state index in [0.29, 0.717) is 0 Å². The molecule has 110 valence electrons. The number of rotatable bonds is 5. The Morgan fingerprint density at radius 1 is 1.48 bits per heavy atom. The van der Waals surface area contributed by atoms with Crippen LogP contribution in [0, 0.1) is 23.1 Å². The van der Waals surface area contributed by atoms with E-state index >= 15 is 0 Å². The molecule has 1 N–H and O–H groups in total. The molecule has 0 radical (unpaired) electrons. The van der Waals surface area contributed by atoms with Crippen molar-refractivity contribution in [2.45, 2.75) is 11.8 Å². The molecule has 6 nitrogen and oxygen atoms in total. The lowest BCUT2D eigenvalue weighted by Crippen LogP contribution is -2.27. The Morgan fingerprint density at radius 3 is 2.86 bits per heavy atom. The molecule has 21 heavy (non-hydrogen) atoms. The highest BCUT2D eigenvalue weighted by Gasteiger charge is 2.18. The van der Waals surface area contributed by atoms with Gasteiger partial charge in [0.25, 0.3) is 0 Å². The van der Waals surface area contributed by atoms with Crippen LogP contribution in [0.4, 0.5) is 4.39 Å². The quantitative estimate of drug-likeness (QED) is 0.905.